The van der Waals surface area contributed by atoms with Gasteiger partial charge in [-0.15, -0.1) is 11.3 Å². The van der Waals surface area contributed by atoms with Crippen LogP contribution in [0.4, 0.5) is 5.69 Å². The standard InChI is InChI=1S/C29H20ClN3O5S2/c30-26-24-11-4-5-12-25(24)39-27(26)29(35)38-22-8-6-7-19(17-22)18-31-32-28(34)20-13-15-21(16-14-20)33-40(36,37)23-9-2-1-3-10-23/h1-18,33H,(H,32,34)/b31-18+. The van der Waals surface area contributed by atoms with Crippen LogP contribution in [0.25, 0.3) is 10.1 Å². The van der Waals surface area contributed by atoms with Gasteiger partial charge in [0.25, 0.3) is 15.9 Å². The number of halogens is 1. The van der Waals surface area contributed by atoms with E-state index in [4.69, 9.17) is 16.3 Å². The number of hydrazone groups is 1. The molecule has 0 unspecified atom stereocenters. The van der Waals surface area contributed by atoms with E-state index in [-0.39, 0.29) is 10.5 Å². The van der Waals surface area contributed by atoms with Crippen LogP contribution in [-0.4, -0.2) is 26.5 Å². The van der Waals surface area contributed by atoms with Gasteiger partial charge in [0.05, 0.1) is 16.1 Å². The topological polar surface area (TPSA) is 114 Å². The highest BCUT2D eigenvalue weighted by molar-refractivity contribution is 7.92. The Morgan fingerprint density at radius 1 is 0.875 bits per heavy atom. The zero-order valence-electron chi connectivity index (χ0n) is 20.6. The highest BCUT2D eigenvalue weighted by Gasteiger charge is 2.19. The molecule has 0 spiro atoms. The number of esters is 1. The summed E-state index contributed by atoms with van der Waals surface area (Å²) in [7, 11) is -3.74. The predicted octanol–water partition coefficient (Wildman–Crippen LogP) is 6.34. The minimum absolute atomic E-state index is 0.133. The normalized spacial score (nSPS) is 11.4. The van der Waals surface area contributed by atoms with Crippen molar-refractivity contribution >= 4 is 66.8 Å². The molecule has 5 aromatic rings. The third-order valence-corrected chi connectivity index (χ3v) is 8.67. The number of anilines is 1. The van der Waals surface area contributed by atoms with E-state index in [1.54, 1.807) is 42.5 Å². The van der Waals surface area contributed by atoms with Crippen molar-refractivity contribution in [2.75, 3.05) is 4.72 Å². The van der Waals surface area contributed by atoms with Crippen molar-refractivity contribution in [2.24, 2.45) is 5.10 Å². The van der Waals surface area contributed by atoms with E-state index in [1.165, 1.54) is 53.9 Å². The van der Waals surface area contributed by atoms with Crippen molar-refractivity contribution in [3.63, 3.8) is 0 Å². The molecule has 0 bridgehead atoms. The minimum atomic E-state index is -3.74. The molecule has 0 aliphatic rings. The van der Waals surface area contributed by atoms with Gasteiger partial charge in [0.2, 0.25) is 0 Å². The van der Waals surface area contributed by atoms with E-state index in [0.29, 0.717) is 26.9 Å². The Hall–Kier alpha value is -4.51. The molecular weight excluding hydrogens is 570 g/mol. The van der Waals surface area contributed by atoms with Crippen LogP contribution in [0.15, 0.2) is 113 Å². The van der Waals surface area contributed by atoms with Gasteiger partial charge in [0.1, 0.15) is 10.6 Å². The number of sulfonamides is 1. The Morgan fingerprint density at radius 3 is 2.35 bits per heavy atom. The van der Waals surface area contributed by atoms with E-state index in [2.05, 4.69) is 15.2 Å². The number of benzene rings is 4. The van der Waals surface area contributed by atoms with Crippen LogP contribution in [-0.2, 0) is 10.0 Å². The van der Waals surface area contributed by atoms with Crippen LogP contribution in [0.3, 0.4) is 0 Å². The maximum atomic E-state index is 12.7. The maximum absolute atomic E-state index is 12.7. The summed E-state index contributed by atoms with van der Waals surface area (Å²) in [6.45, 7) is 0. The maximum Gasteiger partial charge on any atom is 0.355 e. The molecule has 4 aromatic carbocycles. The lowest BCUT2D eigenvalue weighted by atomic mass is 10.2. The lowest BCUT2D eigenvalue weighted by molar-refractivity contribution is 0.0739. The number of carbonyl (C=O) groups excluding carboxylic acids is 2. The molecule has 11 heteroatoms. The summed E-state index contributed by atoms with van der Waals surface area (Å²) >= 11 is 7.64. The molecule has 1 heterocycles. The second-order valence-electron chi connectivity index (χ2n) is 8.40. The molecule has 5 rings (SSSR count). The Balaban J connectivity index is 1.19. The molecule has 0 saturated carbocycles. The molecule has 0 aliphatic heterocycles. The highest BCUT2D eigenvalue weighted by atomic mass is 35.5. The zero-order valence-corrected chi connectivity index (χ0v) is 23.0. The fourth-order valence-corrected chi connectivity index (χ4v) is 6.15. The number of nitrogens with one attached hydrogen (secondary N) is 2. The van der Waals surface area contributed by atoms with Gasteiger partial charge < -0.3 is 4.74 Å². The summed E-state index contributed by atoms with van der Waals surface area (Å²) in [5.74, 6) is -0.763. The third-order valence-electron chi connectivity index (χ3n) is 5.62. The van der Waals surface area contributed by atoms with Crippen LogP contribution < -0.4 is 14.9 Å². The van der Waals surface area contributed by atoms with Gasteiger partial charge >= 0.3 is 5.97 Å². The van der Waals surface area contributed by atoms with Gasteiger partial charge in [-0.25, -0.2) is 18.6 Å². The van der Waals surface area contributed by atoms with E-state index >= 15 is 0 Å². The molecule has 40 heavy (non-hydrogen) atoms. The molecule has 8 nitrogen and oxygen atoms in total. The number of thiophene rings is 1. The first-order valence-corrected chi connectivity index (χ1v) is 14.5. The first-order chi connectivity index (χ1) is 19.3. The number of fused-ring (bicyclic) bond motifs is 1. The van der Waals surface area contributed by atoms with Crippen molar-refractivity contribution in [3.05, 3.63) is 124 Å². The smallest absolute Gasteiger partial charge is 0.355 e. The Bertz CT molecular complexity index is 1840. The molecule has 0 atom stereocenters. The molecular formula is C29H20ClN3O5S2. The zero-order chi connectivity index (χ0) is 28.1. The number of ether oxygens (including phenoxy) is 1. The van der Waals surface area contributed by atoms with Gasteiger partial charge in [-0.1, -0.05) is 60.1 Å². The van der Waals surface area contributed by atoms with E-state index in [9.17, 15) is 18.0 Å². The van der Waals surface area contributed by atoms with Gasteiger partial charge in [-0.3, -0.25) is 9.52 Å². The molecule has 2 N–H and O–H groups in total. The molecule has 200 valence electrons. The molecule has 0 radical (unpaired) electrons. The molecule has 1 amide bonds. The number of rotatable bonds is 8. The fourth-order valence-electron chi connectivity index (χ4n) is 3.69. The summed E-state index contributed by atoms with van der Waals surface area (Å²) in [6, 6.07) is 28.0. The van der Waals surface area contributed by atoms with Gasteiger partial charge in [-0.05, 0) is 60.2 Å². The van der Waals surface area contributed by atoms with E-state index < -0.39 is 21.9 Å². The largest absolute Gasteiger partial charge is 0.422 e. The minimum Gasteiger partial charge on any atom is -0.422 e. The molecule has 1 aromatic heterocycles. The summed E-state index contributed by atoms with van der Waals surface area (Å²) in [5, 5.41) is 5.11. The lowest BCUT2D eigenvalue weighted by Gasteiger charge is -2.08. The Kier molecular flexibility index (Phi) is 7.92. The number of hydrogen-bond donors (Lipinski definition) is 2. The Morgan fingerprint density at radius 2 is 1.60 bits per heavy atom. The number of carbonyl (C=O) groups is 2. The molecule has 0 fully saturated rings. The summed E-state index contributed by atoms with van der Waals surface area (Å²) in [6.07, 6.45) is 1.41. The van der Waals surface area contributed by atoms with E-state index in [0.717, 1.165) is 10.1 Å². The number of hydrogen-bond acceptors (Lipinski definition) is 7. The number of nitrogens with zero attached hydrogens (tertiary/aromatic N) is 1. The van der Waals surface area contributed by atoms with E-state index in [1.807, 2.05) is 24.3 Å². The second kappa shape index (κ2) is 11.7. The van der Waals surface area contributed by atoms with Crippen molar-refractivity contribution in [2.45, 2.75) is 4.90 Å². The molecule has 0 aliphatic carbocycles. The van der Waals surface area contributed by atoms with Crippen LogP contribution in [0, 0.1) is 0 Å². The average Bonchev–Trinajstić information content (AvgIpc) is 3.30. The summed E-state index contributed by atoms with van der Waals surface area (Å²) in [5.41, 5.74) is 3.59. The van der Waals surface area contributed by atoms with Crippen LogP contribution in [0.5, 0.6) is 5.75 Å². The van der Waals surface area contributed by atoms with Gasteiger partial charge in [-0.2, -0.15) is 5.10 Å². The average molecular weight is 590 g/mol. The van der Waals surface area contributed by atoms with Crippen LogP contribution in [0.1, 0.15) is 25.6 Å². The number of amides is 1. The third kappa shape index (κ3) is 6.20. The van der Waals surface area contributed by atoms with Crippen LogP contribution in [0.2, 0.25) is 5.02 Å². The summed E-state index contributed by atoms with van der Waals surface area (Å²) in [4.78, 5) is 25.7. The summed E-state index contributed by atoms with van der Waals surface area (Å²) < 4.78 is 33.8. The fraction of sp³-hybridized carbons (Fsp3) is 0. The Labute approximate surface area is 238 Å². The van der Waals surface area contributed by atoms with Crippen molar-refractivity contribution in [1.82, 2.24) is 5.43 Å². The predicted molar refractivity (Wildman–Crippen MR) is 157 cm³/mol. The van der Waals surface area contributed by atoms with Gasteiger partial charge in [0.15, 0.2) is 0 Å². The lowest BCUT2D eigenvalue weighted by Crippen LogP contribution is -2.18. The first kappa shape index (κ1) is 27.1. The van der Waals surface area contributed by atoms with Crippen molar-refractivity contribution < 1.29 is 22.7 Å². The SMILES string of the molecule is O=C(N/N=C/c1cccc(OC(=O)c2sc3ccccc3c2Cl)c1)c1ccc(NS(=O)(=O)c2ccccc2)cc1. The molecule has 0 saturated heterocycles. The monoisotopic (exact) mass is 589 g/mol. The highest BCUT2D eigenvalue weighted by Crippen LogP contribution is 2.35. The van der Waals surface area contributed by atoms with Crippen molar-refractivity contribution in [1.29, 1.82) is 0 Å². The quantitative estimate of drug-likeness (QED) is 0.0949. The van der Waals surface area contributed by atoms with Crippen molar-refractivity contribution in [3.8, 4) is 5.75 Å². The first-order valence-electron chi connectivity index (χ1n) is 11.8. The van der Waals surface area contributed by atoms with Crippen LogP contribution >= 0.6 is 22.9 Å². The van der Waals surface area contributed by atoms with Gasteiger partial charge in [0, 0.05) is 21.3 Å². The second-order valence-corrected chi connectivity index (χ2v) is 11.5.